The first-order valence-corrected chi connectivity index (χ1v) is 8.15. The first-order chi connectivity index (χ1) is 11.0. The lowest BCUT2D eigenvalue weighted by atomic mass is 10.1. The Labute approximate surface area is 143 Å². The lowest BCUT2D eigenvalue weighted by molar-refractivity contribution is -0.140. The van der Waals surface area contributed by atoms with E-state index in [-0.39, 0.29) is 5.97 Å². The lowest BCUT2D eigenvalue weighted by Gasteiger charge is -2.08. The predicted molar refractivity (Wildman–Crippen MR) is 97.6 cm³/mol. The number of carbonyl (C=O) groups is 1. The summed E-state index contributed by atoms with van der Waals surface area (Å²) in [5, 5.41) is 7.88. The lowest BCUT2D eigenvalue weighted by Crippen LogP contribution is -2.33. The number of aryl methyl sites for hydroxylation is 1. The minimum atomic E-state index is -0.156. The Morgan fingerprint density at radius 2 is 1.91 bits per heavy atom. The number of nitrogens with one attached hydrogen (secondary N) is 2. The van der Waals surface area contributed by atoms with Crippen molar-refractivity contribution >= 4 is 29.0 Å². The van der Waals surface area contributed by atoms with Crippen LogP contribution in [0.2, 0.25) is 0 Å². The third-order valence-electron chi connectivity index (χ3n) is 3.37. The monoisotopic (exact) mass is 335 g/mol. The molecule has 0 spiro atoms. The Bertz CT molecular complexity index is 541. The van der Waals surface area contributed by atoms with Gasteiger partial charge in [0.15, 0.2) is 5.11 Å². The molecule has 23 heavy (non-hydrogen) atoms. The van der Waals surface area contributed by atoms with E-state index in [2.05, 4.69) is 39.6 Å². The highest BCUT2D eigenvalue weighted by Gasteiger charge is 2.00. The average Bonchev–Trinajstić information content (AvgIpc) is 2.56. The van der Waals surface area contributed by atoms with Gasteiger partial charge in [0.05, 0.1) is 12.8 Å². The van der Waals surface area contributed by atoms with E-state index in [1.54, 1.807) is 0 Å². The molecular formula is C17H25N3O2S. The molecule has 0 aromatic heterocycles. The molecule has 2 N–H and O–H groups in total. The van der Waals surface area contributed by atoms with E-state index in [1.165, 1.54) is 12.7 Å². The molecule has 0 aliphatic rings. The van der Waals surface area contributed by atoms with E-state index in [9.17, 15) is 4.79 Å². The van der Waals surface area contributed by atoms with Gasteiger partial charge in [-0.1, -0.05) is 36.2 Å². The van der Waals surface area contributed by atoms with E-state index < -0.39 is 0 Å². The standard InChI is InChI=1S/C17H25N3O2S/c1-13-8-10-15(11-9-13)14(2)19-20-17(23)18-12-6-4-5-7-16(21)22-3/h8-11H,4-7,12H2,1-3H3,(H2,18,20,23)/b19-14-. The van der Waals surface area contributed by atoms with Crippen LogP contribution >= 0.6 is 12.2 Å². The third kappa shape index (κ3) is 8.30. The molecule has 5 nitrogen and oxygen atoms in total. The average molecular weight is 335 g/mol. The summed E-state index contributed by atoms with van der Waals surface area (Å²) in [6, 6.07) is 8.18. The fourth-order valence-electron chi connectivity index (χ4n) is 1.91. The number of nitrogens with zero attached hydrogens (tertiary/aromatic N) is 1. The molecule has 0 amide bonds. The van der Waals surface area contributed by atoms with Crippen LogP contribution in [-0.4, -0.2) is 30.4 Å². The fraction of sp³-hybridized carbons (Fsp3) is 0.471. The highest BCUT2D eigenvalue weighted by molar-refractivity contribution is 7.80. The van der Waals surface area contributed by atoms with E-state index in [4.69, 9.17) is 12.2 Å². The number of unbranched alkanes of at least 4 members (excludes halogenated alkanes) is 2. The maximum atomic E-state index is 11.0. The number of hydrogen-bond donors (Lipinski definition) is 2. The van der Waals surface area contributed by atoms with Crippen molar-refractivity contribution in [2.75, 3.05) is 13.7 Å². The Kier molecular flexibility index (Phi) is 8.90. The van der Waals surface area contributed by atoms with Gasteiger partial charge in [-0.15, -0.1) is 0 Å². The van der Waals surface area contributed by atoms with Crippen molar-refractivity contribution in [2.24, 2.45) is 5.10 Å². The number of thiocarbonyl (C=S) groups is 1. The maximum Gasteiger partial charge on any atom is 0.305 e. The van der Waals surface area contributed by atoms with Crippen LogP contribution in [0.4, 0.5) is 0 Å². The van der Waals surface area contributed by atoms with Gasteiger partial charge in [0.2, 0.25) is 0 Å². The van der Waals surface area contributed by atoms with Crippen LogP contribution < -0.4 is 10.7 Å². The smallest absolute Gasteiger partial charge is 0.305 e. The summed E-state index contributed by atoms with van der Waals surface area (Å²) in [5.74, 6) is -0.156. The number of methoxy groups -OCH3 is 1. The minimum absolute atomic E-state index is 0.156. The van der Waals surface area contributed by atoms with Gasteiger partial charge >= 0.3 is 5.97 Å². The van der Waals surface area contributed by atoms with Crippen LogP contribution in [0, 0.1) is 6.92 Å². The summed E-state index contributed by atoms with van der Waals surface area (Å²) in [7, 11) is 1.41. The van der Waals surface area contributed by atoms with Crippen molar-refractivity contribution in [3.8, 4) is 0 Å². The fourth-order valence-corrected chi connectivity index (χ4v) is 2.06. The summed E-state index contributed by atoms with van der Waals surface area (Å²) >= 11 is 5.18. The molecule has 0 aliphatic carbocycles. The van der Waals surface area contributed by atoms with Gasteiger partial charge in [0.1, 0.15) is 0 Å². The van der Waals surface area contributed by atoms with Gasteiger partial charge < -0.3 is 10.1 Å². The summed E-state index contributed by atoms with van der Waals surface area (Å²) in [5.41, 5.74) is 6.01. The molecule has 0 heterocycles. The second kappa shape index (κ2) is 10.7. The molecule has 1 aromatic rings. The van der Waals surface area contributed by atoms with Crippen LogP contribution in [0.25, 0.3) is 0 Å². The number of hydrazone groups is 1. The molecule has 0 aliphatic heterocycles. The van der Waals surface area contributed by atoms with Crippen molar-refractivity contribution in [1.82, 2.24) is 10.7 Å². The van der Waals surface area contributed by atoms with Gasteiger partial charge in [-0.2, -0.15) is 5.10 Å². The van der Waals surface area contributed by atoms with Crippen molar-refractivity contribution < 1.29 is 9.53 Å². The number of carbonyl (C=O) groups excluding carboxylic acids is 1. The molecule has 0 atom stereocenters. The molecule has 0 unspecified atom stereocenters. The van der Waals surface area contributed by atoms with Crippen molar-refractivity contribution in [3.63, 3.8) is 0 Å². The van der Waals surface area contributed by atoms with Crippen LogP contribution in [0.5, 0.6) is 0 Å². The van der Waals surface area contributed by atoms with Crippen LogP contribution in [0.3, 0.4) is 0 Å². The SMILES string of the molecule is COC(=O)CCCCCNC(=S)N/N=C(/C)c1ccc(C)cc1. The van der Waals surface area contributed by atoms with Gasteiger partial charge in [-0.25, -0.2) is 0 Å². The first kappa shape index (κ1) is 19.1. The summed E-state index contributed by atoms with van der Waals surface area (Å²) in [6.07, 6.45) is 3.20. The molecule has 0 saturated heterocycles. The molecule has 0 radical (unpaired) electrons. The van der Waals surface area contributed by atoms with E-state index in [1.807, 2.05) is 19.1 Å². The maximum absolute atomic E-state index is 11.0. The number of ether oxygens (including phenoxy) is 1. The highest BCUT2D eigenvalue weighted by atomic mass is 32.1. The Morgan fingerprint density at radius 1 is 1.22 bits per heavy atom. The summed E-state index contributed by atoms with van der Waals surface area (Å²) in [4.78, 5) is 11.0. The molecule has 126 valence electrons. The van der Waals surface area contributed by atoms with E-state index in [0.29, 0.717) is 11.5 Å². The Hall–Kier alpha value is -1.95. The van der Waals surface area contributed by atoms with Gasteiger partial charge in [-0.05, 0) is 44.5 Å². The second-order valence-corrected chi connectivity index (χ2v) is 5.73. The van der Waals surface area contributed by atoms with Crippen molar-refractivity contribution in [2.45, 2.75) is 39.5 Å². The second-order valence-electron chi connectivity index (χ2n) is 5.32. The third-order valence-corrected chi connectivity index (χ3v) is 3.60. The Morgan fingerprint density at radius 3 is 2.57 bits per heavy atom. The number of hydrogen-bond acceptors (Lipinski definition) is 4. The molecule has 0 fully saturated rings. The van der Waals surface area contributed by atoms with Gasteiger partial charge in [0, 0.05) is 13.0 Å². The van der Waals surface area contributed by atoms with Crippen LogP contribution in [0.15, 0.2) is 29.4 Å². The molecule has 6 heteroatoms. The zero-order valence-electron chi connectivity index (χ0n) is 14.0. The zero-order chi connectivity index (χ0) is 17.1. The summed E-state index contributed by atoms with van der Waals surface area (Å²) < 4.78 is 4.59. The molecule has 1 aromatic carbocycles. The van der Waals surface area contributed by atoms with Gasteiger partial charge in [-0.3, -0.25) is 10.2 Å². The molecule has 0 saturated carbocycles. The minimum Gasteiger partial charge on any atom is -0.469 e. The van der Waals surface area contributed by atoms with E-state index >= 15 is 0 Å². The largest absolute Gasteiger partial charge is 0.469 e. The van der Waals surface area contributed by atoms with E-state index in [0.717, 1.165) is 37.1 Å². The highest BCUT2D eigenvalue weighted by Crippen LogP contribution is 2.04. The zero-order valence-corrected chi connectivity index (χ0v) is 14.8. The quantitative estimate of drug-likeness (QED) is 0.251. The number of esters is 1. The number of benzene rings is 1. The molecule has 1 rings (SSSR count). The van der Waals surface area contributed by atoms with Crippen LogP contribution in [0.1, 0.15) is 43.7 Å². The molecule has 0 bridgehead atoms. The Balaban J connectivity index is 2.20. The first-order valence-electron chi connectivity index (χ1n) is 7.75. The molecular weight excluding hydrogens is 310 g/mol. The predicted octanol–water partition coefficient (Wildman–Crippen LogP) is 2.92. The van der Waals surface area contributed by atoms with Crippen molar-refractivity contribution in [3.05, 3.63) is 35.4 Å². The summed E-state index contributed by atoms with van der Waals surface area (Å²) in [6.45, 7) is 4.75. The number of rotatable bonds is 8. The van der Waals surface area contributed by atoms with Gasteiger partial charge in [0.25, 0.3) is 0 Å². The topological polar surface area (TPSA) is 62.7 Å². The van der Waals surface area contributed by atoms with Crippen LogP contribution in [-0.2, 0) is 9.53 Å². The normalized spacial score (nSPS) is 11.0. The van der Waals surface area contributed by atoms with Crippen molar-refractivity contribution in [1.29, 1.82) is 0 Å².